The first-order chi connectivity index (χ1) is 12.2. The van der Waals surface area contributed by atoms with Crippen molar-refractivity contribution in [1.82, 2.24) is 20.4 Å². The smallest absolute Gasteiger partial charge is 0.241 e. The van der Waals surface area contributed by atoms with Crippen LogP contribution in [0.15, 0.2) is 0 Å². The quantitative estimate of drug-likeness (QED) is 0.692. The molecule has 0 saturated carbocycles. The molecule has 6 heteroatoms. The lowest BCUT2D eigenvalue weighted by Crippen LogP contribution is -2.61. The fourth-order valence-corrected chi connectivity index (χ4v) is 4.45. The van der Waals surface area contributed by atoms with Crippen LogP contribution in [0.3, 0.4) is 0 Å². The Labute approximate surface area is 165 Å². The molecule has 2 rings (SSSR count). The molecule has 0 radical (unpaired) electrons. The largest absolute Gasteiger partial charge is 0.360 e. The Balaban J connectivity index is 2.11. The molecule has 150 valence electrons. The zero-order valence-corrected chi connectivity index (χ0v) is 18.3. The summed E-state index contributed by atoms with van der Waals surface area (Å²) in [5.41, 5.74) is -0.190. The van der Waals surface area contributed by atoms with Gasteiger partial charge in [-0.15, -0.1) is 0 Å². The van der Waals surface area contributed by atoms with E-state index >= 15 is 0 Å². The topological polar surface area (TPSA) is 47.6 Å². The van der Waals surface area contributed by atoms with Crippen LogP contribution in [0, 0.1) is 11.8 Å². The molecule has 2 fully saturated rings. The highest BCUT2D eigenvalue weighted by Crippen LogP contribution is 2.35. The lowest BCUT2D eigenvalue weighted by molar-refractivity contribution is -0.134. The third kappa shape index (κ3) is 4.89. The molecule has 0 unspecified atom stereocenters. The maximum atomic E-state index is 13.1. The molecule has 0 aliphatic carbocycles. The second-order valence-electron chi connectivity index (χ2n) is 8.91. The van der Waals surface area contributed by atoms with E-state index in [4.69, 9.17) is 12.2 Å². The maximum Gasteiger partial charge on any atom is 0.241 e. The number of piperidine rings is 1. The first-order valence-corrected chi connectivity index (χ1v) is 10.7. The van der Waals surface area contributed by atoms with Gasteiger partial charge in [0.25, 0.3) is 0 Å². The van der Waals surface area contributed by atoms with Crippen molar-refractivity contribution >= 4 is 23.2 Å². The molecule has 2 saturated heterocycles. The number of hydrogen-bond donors (Lipinski definition) is 2. The van der Waals surface area contributed by atoms with Crippen molar-refractivity contribution < 1.29 is 4.79 Å². The van der Waals surface area contributed by atoms with E-state index < -0.39 is 0 Å². The van der Waals surface area contributed by atoms with Crippen LogP contribution in [0.2, 0.25) is 0 Å². The summed E-state index contributed by atoms with van der Waals surface area (Å²) >= 11 is 5.55. The van der Waals surface area contributed by atoms with Crippen molar-refractivity contribution in [3.63, 3.8) is 0 Å². The van der Waals surface area contributed by atoms with Crippen molar-refractivity contribution in [2.24, 2.45) is 11.8 Å². The predicted molar refractivity (Wildman–Crippen MR) is 112 cm³/mol. The molecule has 2 atom stereocenters. The number of carbonyl (C=O) groups is 1. The monoisotopic (exact) mass is 382 g/mol. The Kier molecular flexibility index (Phi) is 7.31. The van der Waals surface area contributed by atoms with Gasteiger partial charge in [0.15, 0.2) is 5.11 Å². The van der Waals surface area contributed by atoms with Crippen molar-refractivity contribution in [2.75, 3.05) is 19.6 Å². The van der Waals surface area contributed by atoms with E-state index in [1.807, 2.05) is 0 Å². The van der Waals surface area contributed by atoms with Crippen molar-refractivity contribution in [2.45, 2.75) is 85.0 Å². The molecule has 0 aromatic carbocycles. The molecule has 1 amide bonds. The Hall–Kier alpha value is -0.880. The van der Waals surface area contributed by atoms with Gasteiger partial charge in [-0.3, -0.25) is 10.1 Å². The molecule has 5 nitrogen and oxygen atoms in total. The number of nitrogens with zero attached hydrogens (tertiary/aromatic N) is 2. The molecular weight excluding hydrogens is 344 g/mol. The number of hydrogen-bond acceptors (Lipinski definition) is 3. The van der Waals surface area contributed by atoms with Gasteiger partial charge in [-0.25, -0.2) is 0 Å². The Morgan fingerprint density at radius 3 is 2.38 bits per heavy atom. The Morgan fingerprint density at radius 2 is 1.88 bits per heavy atom. The van der Waals surface area contributed by atoms with Gasteiger partial charge < -0.3 is 15.1 Å². The summed E-state index contributed by atoms with van der Waals surface area (Å²) in [6.07, 6.45) is 3.88. The van der Waals surface area contributed by atoms with Crippen molar-refractivity contribution in [3.8, 4) is 0 Å². The molecule has 0 aromatic heterocycles. The lowest BCUT2D eigenvalue weighted by atomic mass is 9.94. The van der Waals surface area contributed by atoms with Crippen LogP contribution in [0.4, 0.5) is 0 Å². The van der Waals surface area contributed by atoms with Gasteiger partial charge in [0.2, 0.25) is 5.91 Å². The number of likely N-dealkylation sites (tertiary alicyclic amines) is 1. The molecule has 26 heavy (non-hydrogen) atoms. The average Bonchev–Trinajstić information content (AvgIpc) is 2.79. The second kappa shape index (κ2) is 8.87. The normalized spacial score (nSPS) is 24.0. The molecule has 2 N–H and O–H groups in total. The summed E-state index contributed by atoms with van der Waals surface area (Å²) in [6, 6.07) is 0.313. The van der Waals surface area contributed by atoms with E-state index in [9.17, 15) is 4.79 Å². The fraction of sp³-hybridized carbons (Fsp3) is 0.900. The SMILES string of the molecule is CC[C@@H](C)CN1C(=O)[C@H](CC(C)C)NC12CCN(C(=S)NC(C)C)CC2. The van der Waals surface area contributed by atoms with Crippen LogP contribution in [0.5, 0.6) is 0 Å². The van der Waals surface area contributed by atoms with Gasteiger partial charge in [0.05, 0.1) is 11.7 Å². The van der Waals surface area contributed by atoms with Crippen molar-refractivity contribution in [3.05, 3.63) is 0 Å². The number of amides is 1. The minimum absolute atomic E-state index is 0.0358. The molecule has 0 bridgehead atoms. The van der Waals surface area contributed by atoms with E-state index in [1.165, 1.54) is 0 Å². The van der Waals surface area contributed by atoms with Crippen LogP contribution >= 0.6 is 12.2 Å². The van der Waals surface area contributed by atoms with E-state index in [2.05, 4.69) is 62.0 Å². The van der Waals surface area contributed by atoms with Gasteiger partial charge in [-0.05, 0) is 44.3 Å². The highest BCUT2D eigenvalue weighted by Gasteiger charge is 2.51. The zero-order chi connectivity index (χ0) is 19.5. The van der Waals surface area contributed by atoms with E-state index in [1.54, 1.807) is 0 Å². The zero-order valence-electron chi connectivity index (χ0n) is 17.5. The summed E-state index contributed by atoms with van der Waals surface area (Å²) in [5.74, 6) is 1.34. The standard InChI is InChI=1S/C20H38N4OS/c1-7-16(6)13-24-18(25)17(12-14(2)3)22-20(24)8-10-23(11-9-20)19(26)21-15(4)5/h14-17,22H,7-13H2,1-6H3,(H,21,26)/t16-,17+/m1/s1. The van der Waals surface area contributed by atoms with Crippen LogP contribution in [0.25, 0.3) is 0 Å². The van der Waals surface area contributed by atoms with Crippen molar-refractivity contribution in [1.29, 1.82) is 0 Å². The predicted octanol–water partition coefficient (Wildman–Crippen LogP) is 2.95. The lowest BCUT2D eigenvalue weighted by Gasteiger charge is -2.46. The third-order valence-electron chi connectivity index (χ3n) is 5.71. The molecule has 1 spiro atoms. The van der Waals surface area contributed by atoms with Crippen LogP contribution in [-0.4, -0.2) is 58.2 Å². The van der Waals surface area contributed by atoms with Gasteiger partial charge in [-0.1, -0.05) is 34.1 Å². The first kappa shape index (κ1) is 21.4. The summed E-state index contributed by atoms with van der Waals surface area (Å²) in [7, 11) is 0. The number of nitrogens with one attached hydrogen (secondary N) is 2. The summed E-state index contributed by atoms with van der Waals surface area (Å²) in [6.45, 7) is 15.7. The summed E-state index contributed by atoms with van der Waals surface area (Å²) < 4.78 is 0. The van der Waals surface area contributed by atoms with Gasteiger partial charge in [-0.2, -0.15) is 0 Å². The summed E-state index contributed by atoms with van der Waals surface area (Å²) in [5, 5.41) is 7.94. The number of rotatable bonds is 6. The van der Waals surface area contributed by atoms with Crippen LogP contribution in [-0.2, 0) is 4.79 Å². The van der Waals surface area contributed by atoms with Gasteiger partial charge >= 0.3 is 0 Å². The minimum Gasteiger partial charge on any atom is -0.360 e. The molecule has 0 aromatic rings. The van der Waals surface area contributed by atoms with E-state index in [0.717, 1.165) is 50.4 Å². The fourth-order valence-electron chi connectivity index (χ4n) is 4.03. The van der Waals surface area contributed by atoms with Crippen LogP contribution in [0.1, 0.15) is 67.2 Å². The second-order valence-corrected chi connectivity index (χ2v) is 9.30. The van der Waals surface area contributed by atoms with E-state index in [-0.39, 0.29) is 11.7 Å². The van der Waals surface area contributed by atoms with Crippen LogP contribution < -0.4 is 10.6 Å². The maximum absolute atomic E-state index is 13.1. The highest BCUT2D eigenvalue weighted by molar-refractivity contribution is 7.80. The summed E-state index contributed by atoms with van der Waals surface area (Å²) in [4.78, 5) is 17.6. The number of carbonyl (C=O) groups excluding carboxylic acids is 1. The Morgan fingerprint density at radius 1 is 1.27 bits per heavy atom. The molecule has 2 heterocycles. The molecule has 2 aliphatic heterocycles. The van der Waals surface area contributed by atoms with E-state index in [0.29, 0.717) is 23.8 Å². The first-order valence-electron chi connectivity index (χ1n) is 10.3. The highest BCUT2D eigenvalue weighted by atomic mass is 32.1. The molecule has 2 aliphatic rings. The van der Waals surface area contributed by atoms with Gasteiger partial charge in [0.1, 0.15) is 0 Å². The van der Waals surface area contributed by atoms with Gasteiger partial charge in [0, 0.05) is 38.5 Å². The number of thiocarbonyl (C=S) groups is 1. The minimum atomic E-state index is -0.190. The average molecular weight is 383 g/mol. The third-order valence-corrected chi connectivity index (χ3v) is 6.09. The molecular formula is C20H38N4OS. The Bertz CT molecular complexity index is 500.